The number of carbonyl (C=O) groups is 2. The van der Waals surface area contributed by atoms with Crippen LogP contribution < -0.4 is 14.2 Å². The minimum absolute atomic E-state index is 0.0512. The van der Waals surface area contributed by atoms with Crippen molar-refractivity contribution in [2.75, 3.05) is 13.4 Å². The lowest BCUT2D eigenvalue weighted by atomic mass is 9.85. The Bertz CT molecular complexity index is 1470. The predicted molar refractivity (Wildman–Crippen MR) is 152 cm³/mol. The molecule has 3 aromatic carbocycles. The van der Waals surface area contributed by atoms with Gasteiger partial charge in [-0.15, -0.1) is 0 Å². The van der Waals surface area contributed by atoms with Gasteiger partial charge in [0.1, 0.15) is 11.5 Å². The first-order valence-corrected chi connectivity index (χ1v) is 13.5. The van der Waals surface area contributed by atoms with Gasteiger partial charge in [-0.3, -0.25) is 9.59 Å². The molecule has 208 valence electrons. The highest BCUT2D eigenvalue weighted by Crippen LogP contribution is 2.42. The van der Waals surface area contributed by atoms with Crippen LogP contribution in [0.4, 0.5) is 0 Å². The number of aliphatic hydroxyl groups is 1. The summed E-state index contributed by atoms with van der Waals surface area (Å²) in [4.78, 5) is 28.5. The second-order valence-electron chi connectivity index (χ2n) is 11.7. The Morgan fingerprint density at radius 2 is 1.73 bits per heavy atom. The highest BCUT2D eigenvalue weighted by Gasteiger charge is 2.46. The average molecular weight is 542 g/mol. The molecule has 1 unspecified atom stereocenters. The molecule has 5 rings (SSSR count). The van der Waals surface area contributed by atoms with Gasteiger partial charge in [0.25, 0.3) is 11.7 Å². The van der Waals surface area contributed by atoms with Crippen LogP contribution in [0.15, 0.2) is 72.3 Å². The molecule has 0 aromatic heterocycles. The zero-order chi connectivity index (χ0) is 28.6. The number of hydrogen-bond acceptors (Lipinski definition) is 6. The number of fused-ring (bicyclic) bond motifs is 1. The lowest BCUT2D eigenvalue weighted by Crippen LogP contribution is -2.29. The normalized spacial score (nSPS) is 18.1. The van der Waals surface area contributed by atoms with E-state index in [2.05, 4.69) is 34.6 Å². The summed E-state index contributed by atoms with van der Waals surface area (Å²) in [6, 6.07) is 19.5. The fourth-order valence-corrected chi connectivity index (χ4v) is 4.94. The van der Waals surface area contributed by atoms with Gasteiger partial charge in [-0.2, -0.15) is 0 Å². The lowest BCUT2D eigenvalue weighted by Gasteiger charge is -2.26. The zero-order valence-corrected chi connectivity index (χ0v) is 23.6. The van der Waals surface area contributed by atoms with Crippen molar-refractivity contribution in [3.63, 3.8) is 0 Å². The van der Waals surface area contributed by atoms with Gasteiger partial charge in [0.2, 0.25) is 6.79 Å². The molecule has 1 amide bonds. The summed E-state index contributed by atoms with van der Waals surface area (Å²) in [5, 5.41) is 11.5. The molecule has 7 nitrogen and oxygen atoms in total. The quantitative estimate of drug-likeness (QED) is 0.213. The molecule has 1 saturated heterocycles. The fraction of sp³-hybridized carbons (Fsp3) is 0.333. The third-order valence-electron chi connectivity index (χ3n) is 7.11. The second-order valence-corrected chi connectivity index (χ2v) is 11.7. The number of aliphatic hydroxyl groups excluding tert-OH is 1. The Morgan fingerprint density at radius 1 is 1.00 bits per heavy atom. The van der Waals surface area contributed by atoms with Crippen molar-refractivity contribution in [2.24, 2.45) is 5.92 Å². The SMILES string of the molecule is CC(C)COc1cccc(/C(O)=C2\C(=O)C(=O)N(Cc3ccc4c(c3)OCO4)C2c2ccc(C(C)(C)C)cc2)c1. The number of ketones is 1. The summed E-state index contributed by atoms with van der Waals surface area (Å²) in [5.74, 6) is 0.519. The molecule has 0 saturated carbocycles. The summed E-state index contributed by atoms with van der Waals surface area (Å²) in [6.45, 7) is 11.3. The number of ether oxygens (including phenoxy) is 3. The van der Waals surface area contributed by atoms with Crippen LogP contribution >= 0.6 is 0 Å². The maximum Gasteiger partial charge on any atom is 0.295 e. The standard InChI is InChI=1S/C33H35NO6/c1-20(2)18-38-25-8-6-7-23(16-25)30(35)28-29(22-10-12-24(13-11-22)33(3,4)5)34(32(37)31(28)36)17-21-9-14-26-27(15-21)40-19-39-26/h6-16,20,29,35H,17-19H2,1-5H3/b30-28+. The van der Waals surface area contributed by atoms with E-state index in [1.54, 1.807) is 30.3 Å². The first-order valence-electron chi connectivity index (χ1n) is 13.5. The zero-order valence-electron chi connectivity index (χ0n) is 23.6. The van der Waals surface area contributed by atoms with Gasteiger partial charge in [-0.25, -0.2) is 0 Å². The molecule has 2 heterocycles. The van der Waals surface area contributed by atoms with E-state index >= 15 is 0 Å². The Morgan fingerprint density at radius 3 is 2.42 bits per heavy atom. The fourth-order valence-electron chi connectivity index (χ4n) is 4.94. The van der Waals surface area contributed by atoms with Crippen molar-refractivity contribution >= 4 is 17.4 Å². The number of likely N-dealkylation sites (tertiary alicyclic amines) is 1. The van der Waals surface area contributed by atoms with Crippen molar-refractivity contribution < 1.29 is 28.9 Å². The van der Waals surface area contributed by atoms with Crippen molar-refractivity contribution in [1.82, 2.24) is 4.90 Å². The lowest BCUT2D eigenvalue weighted by molar-refractivity contribution is -0.140. The van der Waals surface area contributed by atoms with Gasteiger partial charge >= 0.3 is 0 Å². The van der Waals surface area contributed by atoms with E-state index in [0.29, 0.717) is 35.3 Å². The molecular weight excluding hydrogens is 506 g/mol. The Kier molecular flexibility index (Phi) is 7.32. The van der Waals surface area contributed by atoms with Crippen molar-refractivity contribution in [3.05, 3.63) is 94.6 Å². The van der Waals surface area contributed by atoms with Crippen LogP contribution in [-0.4, -0.2) is 35.1 Å². The molecule has 1 N–H and O–H groups in total. The molecule has 1 fully saturated rings. The van der Waals surface area contributed by atoms with E-state index in [-0.39, 0.29) is 30.1 Å². The minimum Gasteiger partial charge on any atom is -0.507 e. The van der Waals surface area contributed by atoms with Crippen LogP contribution in [0.25, 0.3) is 5.76 Å². The molecule has 40 heavy (non-hydrogen) atoms. The Balaban J connectivity index is 1.58. The monoisotopic (exact) mass is 541 g/mol. The number of nitrogens with zero attached hydrogens (tertiary/aromatic N) is 1. The molecule has 2 aliphatic heterocycles. The molecule has 3 aromatic rings. The summed E-state index contributed by atoms with van der Waals surface area (Å²) < 4.78 is 16.8. The molecule has 7 heteroatoms. The molecule has 2 aliphatic rings. The maximum absolute atomic E-state index is 13.5. The van der Waals surface area contributed by atoms with Gasteiger partial charge in [-0.05, 0) is 52.3 Å². The van der Waals surface area contributed by atoms with E-state index in [1.807, 2.05) is 36.4 Å². The summed E-state index contributed by atoms with van der Waals surface area (Å²) in [6.07, 6.45) is 0. The Hall–Kier alpha value is -4.26. The first-order chi connectivity index (χ1) is 19.0. The van der Waals surface area contributed by atoms with E-state index < -0.39 is 17.7 Å². The van der Waals surface area contributed by atoms with E-state index in [0.717, 1.165) is 16.7 Å². The molecule has 0 spiro atoms. The number of carbonyl (C=O) groups excluding carboxylic acids is 2. The smallest absolute Gasteiger partial charge is 0.295 e. The third-order valence-corrected chi connectivity index (χ3v) is 7.11. The van der Waals surface area contributed by atoms with Crippen molar-refractivity contribution in [2.45, 2.75) is 52.6 Å². The number of rotatable bonds is 7. The third kappa shape index (κ3) is 5.41. The maximum atomic E-state index is 13.5. The van der Waals surface area contributed by atoms with Gasteiger partial charge in [0.05, 0.1) is 18.2 Å². The van der Waals surface area contributed by atoms with Gasteiger partial charge in [0, 0.05) is 12.1 Å². The predicted octanol–water partition coefficient (Wildman–Crippen LogP) is 6.37. The van der Waals surface area contributed by atoms with Crippen LogP contribution in [0.5, 0.6) is 17.2 Å². The van der Waals surface area contributed by atoms with E-state index in [9.17, 15) is 14.7 Å². The highest BCUT2D eigenvalue weighted by atomic mass is 16.7. The topological polar surface area (TPSA) is 85.3 Å². The van der Waals surface area contributed by atoms with Gasteiger partial charge < -0.3 is 24.2 Å². The van der Waals surface area contributed by atoms with E-state index in [4.69, 9.17) is 14.2 Å². The molecule has 0 aliphatic carbocycles. The second kappa shape index (κ2) is 10.7. The van der Waals surface area contributed by atoms with Crippen LogP contribution in [0, 0.1) is 5.92 Å². The number of amides is 1. The van der Waals surface area contributed by atoms with Crippen LogP contribution in [-0.2, 0) is 21.5 Å². The molecule has 0 bridgehead atoms. The van der Waals surface area contributed by atoms with Crippen LogP contribution in [0.1, 0.15) is 62.9 Å². The summed E-state index contributed by atoms with van der Waals surface area (Å²) >= 11 is 0. The minimum atomic E-state index is -0.778. The van der Waals surface area contributed by atoms with Crippen LogP contribution in [0.3, 0.4) is 0 Å². The first kappa shape index (κ1) is 27.3. The number of hydrogen-bond donors (Lipinski definition) is 1. The van der Waals surface area contributed by atoms with E-state index in [1.165, 1.54) is 4.90 Å². The van der Waals surface area contributed by atoms with Gasteiger partial charge in [-0.1, -0.05) is 77.1 Å². The average Bonchev–Trinajstić information content (AvgIpc) is 3.49. The van der Waals surface area contributed by atoms with Crippen molar-refractivity contribution in [1.29, 1.82) is 0 Å². The molecule has 1 atom stereocenters. The summed E-state index contributed by atoms with van der Waals surface area (Å²) in [7, 11) is 0. The molecule has 0 radical (unpaired) electrons. The Labute approximate surface area is 235 Å². The van der Waals surface area contributed by atoms with Crippen LogP contribution in [0.2, 0.25) is 0 Å². The highest BCUT2D eigenvalue weighted by molar-refractivity contribution is 6.46. The largest absolute Gasteiger partial charge is 0.507 e. The molecular formula is C33H35NO6. The summed E-state index contributed by atoms with van der Waals surface area (Å²) in [5.41, 5.74) is 3.05. The number of Topliss-reactive ketones (excluding diaryl/α,β-unsaturated/α-hetero) is 1. The van der Waals surface area contributed by atoms with Crippen molar-refractivity contribution in [3.8, 4) is 17.2 Å². The number of benzene rings is 3. The van der Waals surface area contributed by atoms with Gasteiger partial charge in [0.15, 0.2) is 11.5 Å².